The lowest BCUT2D eigenvalue weighted by Gasteiger charge is -2.16. The van der Waals surface area contributed by atoms with Crippen LogP contribution in [-0.4, -0.2) is 27.7 Å². The lowest BCUT2D eigenvalue weighted by atomic mass is 10.1. The number of rotatable bonds is 5. The van der Waals surface area contributed by atoms with E-state index in [1.165, 1.54) is 4.68 Å². The van der Waals surface area contributed by atoms with E-state index >= 15 is 0 Å². The summed E-state index contributed by atoms with van der Waals surface area (Å²) >= 11 is 0. The number of aryl methyl sites for hydroxylation is 1. The zero-order chi connectivity index (χ0) is 21.8. The average Bonchev–Trinajstić information content (AvgIpc) is 2.73. The van der Waals surface area contributed by atoms with Gasteiger partial charge in [0.05, 0.1) is 11.4 Å². The fourth-order valence-corrected chi connectivity index (χ4v) is 2.88. The van der Waals surface area contributed by atoms with E-state index in [4.69, 9.17) is 4.74 Å². The molecule has 1 unspecified atom stereocenters. The van der Waals surface area contributed by atoms with Crippen LogP contribution in [0.2, 0.25) is 0 Å². The summed E-state index contributed by atoms with van der Waals surface area (Å²) in [5, 5.41) is 5.00. The van der Waals surface area contributed by atoms with Crippen LogP contribution in [0, 0.1) is 6.92 Å². The molecule has 0 bridgehead atoms. The highest BCUT2D eigenvalue weighted by Gasteiger charge is 2.20. The van der Waals surface area contributed by atoms with Crippen molar-refractivity contribution < 1.29 is 14.3 Å². The van der Waals surface area contributed by atoms with Gasteiger partial charge in [0.2, 0.25) is 0 Å². The fraction of sp³-hybridized carbons (Fsp3) is 0.273. The summed E-state index contributed by atoms with van der Waals surface area (Å²) in [5.41, 5.74) is 5.55. The van der Waals surface area contributed by atoms with Crippen molar-refractivity contribution >= 4 is 22.6 Å². The van der Waals surface area contributed by atoms with E-state index in [1.807, 2.05) is 19.1 Å². The van der Waals surface area contributed by atoms with Gasteiger partial charge in [0, 0.05) is 5.39 Å². The van der Waals surface area contributed by atoms with Crippen molar-refractivity contribution in [3.63, 3.8) is 0 Å². The Hall–Kier alpha value is -3.68. The average molecular weight is 408 g/mol. The number of hydrogen-bond donors (Lipinski definition) is 2. The molecule has 0 saturated carbocycles. The molecule has 1 heterocycles. The first-order valence-electron chi connectivity index (χ1n) is 9.63. The number of hydrogen-bond acceptors (Lipinski definition) is 5. The summed E-state index contributed by atoms with van der Waals surface area (Å²) in [6.45, 7) is 7.14. The minimum Gasteiger partial charge on any atom is -0.481 e. The van der Waals surface area contributed by atoms with Gasteiger partial charge < -0.3 is 4.74 Å². The molecular formula is C22H24N4O4. The molecule has 0 aliphatic heterocycles. The summed E-state index contributed by atoms with van der Waals surface area (Å²) in [4.78, 5) is 37.6. The number of amides is 2. The van der Waals surface area contributed by atoms with Gasteiger partial charge in [0.15, 0.2) is 11.8 Å². The van der Waals surface area contributed by atoms with E-state index in [2.05, 4.69) is 16.0 Å². The van der Waals surface area contributed by atoms with Gasteiger partial charge in [-0.15, -0.1) is 0 Å². The molecule has 156 valence electrons. The number of ether oxygens (including phenoxy) is 1. The summed E-state index contributed by atoms with van der Waals surface area (Å²) in [6, 6.07) is 13.8. The maximum absolute atomic E-state index is 12.7. The van der Waals surface area contributed by atoms with Crippen LogP contribution in [-0.2, 0) is 4.79 Å². The molecule has 3 aromatic rings. The molecule has 2 N–H and O–H groups in total. The second-order valence-electron chi connectivity index (χ2n) is 7.25. The number of benzene rings is 2. The lowest BCUT2D eigenvalue weighted by molar-refractivity contribution is -0.128. The topological polar surface area (TPSA) is 102 Å². The number of nitrogens with zero attached hydrogens (tertiary/aromatic N) is 2. The molecule has 2 amide bonds. The first-order chi connectivity index (χ1) is 14.3. The zero-order valence-corrected chi connectivity index (χ0v) is 17.3. The van der Waals surface area contributed by atoms with Crippen LogP contribution >= 0.6 is 0 Å². The SMILES string of the molecule is Cc1ccc(OC(C)C(=O)NNC(=O)c2nn(C(C)C)c(=O)c3ccccc23)cc1. The van der Waals surface area contributed by atoms with Gasteiger partial charge in [-0.05, 0) is 45.9 Å². The first kappa shape index (κ1) is 21.0. The van der Waals surface area contributed by atoms with E-state index < -0.39 is 17.9 Å². The highest BCUT2D eigenvalue weighted by molar-refractivity contribution is 6.05. The van der Waals surface area contributed by atoms with Crippen molar-refractivity contribution in [2.45, 2.75) is 39.8 Å². The molecule has 0 spiro atoms. The van der Waals surface area contributed by atoms with E-state index in [1.54, 1.807) is 57.2 Å². The Balaban J connectivity index is 1.75. The summed E-state index contributed by atoms with van der Waals surface area (Å²) in [7, 11) is 0. The second-order valence-corrected chi connectivity index (χ2v) is 7.25. The van der Waals surface area contributed by atoms with Crippen LogP contribution in [0.4, 0.5) is 0 Å². The second kappa shape index (κ2) is 8.77. The third-order valence-electron chi connectivity index (χ3n) is 4.53. The molecule has 0 saturated heterocycles. The van der Waals surface area contributed by atoms with E-state index in [0.717, 1.165) is 5.56 Å². The molecule has 0 aliphatic rings. The Morgan fingerprint density at radius 1 is 0.967 bits per heavy atom. The highest BCUT2D eigenvalue weighted by Crippen LogP contribution is 2.15. The fourth-order valence-electron chi connectivity index (χ4n) is 2.88. The predicted molar refractivity (Wildman–Crippen MR) is 113 cm³/mol. The number of hydrazine groups is 1. The van der Waals surface area contributed by atoms with Gasteiger partial charge >= 0.3 is 0 Å². The molecule has 1 atom stereocenters. The van der Waals surface area contributed by atoms with Gasteiger partial charge in [-0.1, -0.05) is 35.9 Å². The van der Waals surface area contributed by atoms with Crippen molar-refractivity contribution in [1.82, 2.24) is 20.6 Å². The van der Waals surface area contributed by atoms with Crippen LogP contribution in [0.25, 0.3) is 10.8 Å². The quantitative estimate of drug-likeness (QED) is 0.632. The number of fused-ring (bicyclic) bond motifs is 1. The summed E-state index contributed by atoms with van der Waals surface area (Å²) < 4.78 is 6.83. The first-order valence-corrected chi connectivity index (χ1v) is 9.63. The third kappa shape index (κ3) is 4.48. The van der Waals surface area contributed by atoms with Gasteiger partial charge in [0.1, 0.15) is 5.75 Å². The summed E-state index contributed by atoms with van der Waals surface area (Å²) in [6.07, 6.45) is -0.831. The normalized spacial score (nSPS) is 11.9. The highest BCUT2D eigenvalue weighted by atomic mass is 16.5. The zero-order valence-electron chi connectivity index (χ0n) is 17.3. The smallest absolute Gasteiger partial charge is 0.290 e. The van der Waals surface area contributed by atoms with Crippen LogP contribution in [0.5, 0.6) is 5.75 Å². The van der Waals surface area contributed by atoms with Gasteiger partial charge in [-0.25, -0.2) is 4.68 Å². The third-order valence-corrected chi connectivity index (χ3v) is 4.53. The number of nitrogens with one attached hydrogen (secondary N) is 2. The molecule has 3 rings (SSSR count). The van der Waals surface area contributed by atoms with E-state index in [0.29, 0.717) is 16.5 Å². The van der Waals surface area contributed by atoms with Crippen molar-refractivity contribution in [2.24, 2.45) is 0 Å². The van der Waals surface area contributed by atoms with Crippen LogP contribution < -0.4 is 21.1 Å². The number of aromatic nitrogens is 2. The molecule has 1 aromatic heterocycles. The van der Waals surface area contributed by atoms with Crippen molar-refractivity contribution in [1.29, 1.82) is 0 Å². The van der Waals surface area contributed by atoms with E-state index in [9.17, 15) is 14.4 Å². The molecule has 0 aliphatic carbocycles. The van der Waals surface area contributed by atoms with Crippen molar-refractivity contribution in [3.05, 3.63) is 70.1 Å². The maximum atomic E-state index is 12.7. The summed E-state index contributed by atoms with van der Waals surface area (Å²) in [5.74, 6) is -0.604. The molecule has 2 aromatic carbocycles. The minimum atomic E-state index is -0.831. The largest absolute Gasteiger partial charge is 0.481 e. The molecule has 30 heavy (non-hydrogen) atoms. The lowest BCUT2D eigenvalue weighted by Crippen LogP contribution is -2.47. The molecule has 8 nitrogen and oxygen atoms in total. The Labute approximate surface area is 173 Å². The van der Waals surface area contributed by atoms with Crippen molar-refractivity contribution in [2.75, 3.05) is 0 Å². The minimum absolute atomic E-state index is 0.0475. The Bertz CT molecular complexity index is 1140. The molecule has 8 heteroatoms. The maximum Gasteiger partial charge on any atom is 0.290 e. The van der Waals surface area contributed by atoms with Gasteiger partial charge in [-0.2, -0.15) is 5.10 Å². The Morgan fingerprint density at radius 3 is 2.23 bits per heavy atom. The molecule has 0 fully saturated rings. The van der Waals surface area contributed by atoms with Crippen LogP contribution in [0.1, 0.15) is 42.9 Å². The monoisotopic (exact) mass is 408 g/mol. The number of carbonyl (C=O) groups is 2. The number of carbonyl (C=O) groups excluding carboxylic acids is 2. The van der Waals surface area contributed by atoms with Crippen LogP contribution in [0.3, 0.4) is 0 Å². The van der Waals surface area contributed by atoms with Crippen molar-refractivity contribution in [3.8, 4) is 5.75 Å². The van der Waals surface area contributed by atoms with Gasteiger partial charge in [-0.3, -0.25) is 25.2 Å². The molecule has 0 radical (unpaired) electrons. The van der Waals surface area contributed by atoms with Crippen LogP contribution in [0.15, 0.2) is 53.3 Å². The van der Waals surface area contributed by atoms with Gasteiger partial charge in [0.25, 0.3) is 17.4 Å². The predicted octanol–water partition coefficient (Wildman–Crippen LogP) is 2.51. The van der Waals surface area contributed by atoms with E-state index in [-0.39, 0.29) is 17.3 Å². The standard InChI is InChI=1S/C22H24N4O4/c1-13(2)26-22(29)18-8-6-5-7-17(18)19(25-26)21(28)24-23-20(27)15(4)30-16-11-9-14(3)10-12-16/h5-13,15H,1-4H3,(H,23,27)(H,24,28). The Kier molecular flexibility index (Phi) is 6.15. The molecular weight excluding hydrogens is 384 g/mol. The Morgan fingerprint density at radius 2 is 1.60 bits per heavy atom.